The highest BCUT2D eigenvalue weighted by Gasteiger charge is 2.17. The molecule has 1 aromatic heterocycles. The summed E-state index contributed by atoms with van der Waals surface area (Å²) in [5.41, 5.74) is 5.69. The number of hydrogen-bond acceptors (Lipinski definition) is 2. The summed E-state index contributed by atoms with van der Waals surface area (Å²) < 4.78 is 6.02. The zero-order valence-corrected chi connectivity index (χ0v) is 14.2. The highest BCUT2D eigenvalue weighted by atomic mass is 16.3. The van der Waals surface area contributed by atoms with Gasteiger partial charge >= 0.3 is 0 Å². The molecule has 3 aromatic rings. The van der Waals surface area contributed by atoms with Crippen LogP contribution >= 0.6 is 0 Å². The minimum Gasteiger partial charge on any atom is -0.456 e. The molecule has 24 heavy (non-hydrogen) atoms. The van der Waals surface area contributed by atoms with Gasteiger partial charge in [0.2, 0.25) is 0 Å². The zero-order chi connectivity index (χ0) is 17.3. The molecule has 1 heterocycles. The van der Waals surface area contributed by atoms with Crippen LogP contribution in [0.15, 0.2) is 90.2 Å². The third kappa shape index (κ3) is 2.67. The monoisotopic (exact) mass is 315 g/mol. The topological polar surface area (TPSA) is 16.4 Å². The van der Waals surface area contributed by atoms with Crippen LogP contribution in [-0.2, 0) is 0 Å². The van der Waals surface area contributed by atoms with Crippen LogP contribution in [0.4, 0.5) is 5.69 Å². The standard InChI is InChI=1S/C22H21NO/c1-6-7-9-17(5)23(15(2)3)19-10-8-11-21-22(19)18-14-16(4)12-13-20(18)24-21/h6-14H,1-2,5H2,3-4H3/b9-7-. The molecule has 0 unspecified atom stereocenters. The quantitative estimate of drug-likeness (QED) is 0.500. The molecule has 0 atom stereocenters. The second-order valence-electron chi connectivity index (χ2n) is 5.91. The number of aryl methyl sites for hydroxylation is 1. The van der Waals surface area contributed by atoms with E-state index in [1.165, 1.54) is 5.56 Å². The Hall–Kier alpha value is -3.00. The van der Waals surface area contributed by atoms with Crippen molar-refractivity contribution in [2.45, 2.75) is 13.8 Å². The maximum absolute atomic E-state index is 6.02. The summed E-state index contributed by atoms with van der Waals surface area (Å²) in [4.78, 5) is 2.04. The number of furan rings is 1. The van der Waals surface area contributed by atoms with Gasteiger partial charge in [0.1, 0.15) is 11.2 Å². The predicted octanol–water partition coefficient (Wildman–Crippen LogP) is 6.49. The predicted molar refractivity (Wildman–Crippen MR) is 104 cm³/mol. The van der Waals surface area contributed by atoms with Crippen LogP contribution in [0.3, 0.4) is 0 Å². The lowest BCUT2D eigenvalue weighted by atomic mass is 10.1. The van der Waals surface area contributed by atoms with Gasteiger partial charge in [0.05, 0.1) is 11.1 Å². The van der Waals surface area contributed by atoms with Gasteiger partial charge in [-0.2, -0.15) is 0 Å². The largest absolute Gasteiger partial charge is 0.456 e. The van der Waals surface area contributed by atoms with Gasteiger partial charge in [-0.25, -0.2) is 0 Å². The van der Waals surface area contributed by atoms with Crippen LogP contribution in [0.25, 0.3) is 21.9 Å². The minimum absolute atomic E-state index is 0.830. The highest BCUT2D eigenvalue weighted by molar-refractivity contribution is 6.12. The van der Waals surface area contributed by atoms with E-state index in [1.54, 1.807) is 6.08 Å². The lowest BCUT2D eigenvalue weighted by molar-refractivity contribution is 0.669. The van der Waals surface area contributed by atoms with Crippen molar-refractivity contribution >= 4 is 27.6 Å². The van der Waals surface area contributed by atoms with Gasteiger partial charge < -0.3 is 9.32 Å². The summed E-state index contributed by atoms with van der Waals surface area (Å²) in [6.45, 7) is 16.1. The van der Waals surface area contributed by atoms with Gasteiger partial charge in [0.25, 0.3) is 0 Å². The van der Waals surface area contributed by atoms with E-state index in [1.807, 2.05) is 42.2 Å². The van der Waals surface area contributed by atoms with E-state index in [4.69, 9.17) is 4.42 Å². The molecule has 2 aromatic carbocycles. The Balaban J connectivity index is 2.30. The van der Waals surface area contributed by atoms with Gasteiger partial charge in [-0.3, -0.25) is 0 Å². The maximum Gasteiger partial charge on any atom is 0.137 e. The molecular formula is C22H21NO. The molecule has 0 bridgehead atoms. The van der Waals surface area contributed by atoms with Crippen LogP contribution in [0, 0.1) is 6.92 Å². The van der Waals surface area contributed by atoms with Crippen LogP contribution in [0.5, 0.6) is 0 Å². The van der Waals surface area contributed by atoms with Crippen molar-refractivity contribution in [3.05, 3.63) is 91.3 Å². The molecule has 0 fully saturated rings. The fraction of sp³-hybridized carbons (Fsp3) is 0.0909. The van der Waals surface area contributed by atoms with E-state index < -0.39 is 0 Å². The number of fused-ring (bicyclic) bond motifs is 3. The summed E-state index contributed by atoms with van der Waals surface area (Å²) in [6.07, 6.45) is 5.53. The highest BCUT2D eigenvalue weighted by Crippen LogP contribution is 2.38. The first-order chi connectivity index (χ1) is 11.5. The fourth-order valence-corrected chi connectivity index (χ4v) is 2.97. The molecular weight excluding hydrogens is 294 g/mol. The molecule has 2 nitrogen and oxygen atoms in total. The Labute approximate surface area is 142 Å². The number of nitrogens with zero attached hydrogens (tertiary/aromatic N) is 1. The lowest BCUT2D eigenvalue weighted by Gasteiger charge is -2.26. The molecule has 2 heteroatoms. The van der Waals surface area contributed by atoms with Crippen LogP contribution in [0.2, 0.25) is 0 Å². The summed E-state index contributed by atoms with van der Waals surface area (Å²) in [7, 11) is 0. The average Bonchev–Trinajstić information content (AvgIpc) is 2.91. The molecule has 0 saturated carbocycles. The molecule has 0 saturated heterocycles. The van der Waals surface area contributed by atoms with Gasteiger partial charge in [-0.1, -0.05) is 49.6 Å². The lowest BCUT2D eigenvalue weighted by Crippen LogP contribution is -2.17. The Morgan fingerprint density at radius 1 is 1.12 bits per heavy atom. The van der Waals surface area contributed by atoms with Crippen LogP contribution < -0.4 is 4.90 Å². The number of rotatable bonds is 5. The number of hydrogen-bond donors (Lipinski definition) is 0. The van der Waals surface area contributed by atoms with Gasteiger partial charge in [0.15, 0.2) is 0 Å². The van der Waals surface area contributed by atoms with Crippen molar-refractivity contribution in [1.29, 1.82) is 0 Å². The minimum atomic E-state index is 0.830. The van der Waals surface area contributed by atoms with E-state index in [2.05, 4.69) is 44.9 Å². The van der Waals surface area contributed by atoms with Gasteiger partial charge in [-0.05, 0) is 44.2 Å². The Morgan fingerprint density at radius 2 is 1.92 bits per heavy atom. The van der Waals surface area contributed by atoms with E-state index >= 15 is 0 Å². The van der Waals surface area contributed by atoms with Crippen molar-refractivity contribution in [3.63, 3.8) is 0 Å². The van der Waals surface area contributed by atoms with E-state index in [9.17, 15) is 0 Å². The first-order valence-electron chi connectivity index (χ1n) is 7.88. The number of benzene rings is 2. The third-order valence-corrected chi connectivity index (χ3v) is 3.96. The van der Waals surface area contributed by atoms with Gasteiger partial charge in [0, 0.05) is 16.8 Å². The average molecular weight is 315 g/mol. The molecule has 0 spiro atoms. The van der Waals surface area contributed by atoms with Crippen molar-refractivity contribution in [3.8, 4) is 0 Å². The van der Waals surface area contributed by atoms with Crippen LogP contribution in [-0.4, -0.2) is 0 Å². The summed E-state index contributed by atoms with van der Waals surface area (Å²) >= 11 is 0. The Morgan fingerprint density at radius 3 is 2.62 bits per heavy atom. The number of anilines is 1. The van der Waals surface area contributed by atoms with E-state index in [-0.39, 0.29) is 0 Å². The third-order valence-electron chi connectivity index (χ3n) is 3.96. The van der Waals surface area contributed by atoms with Crippen molar-refractivity contribution in [1.82, 2.24) is 0 Å². The molecule has 120 valence electrons. The smallest absolute Gasteiger partial charge is 0.137 e. The van der Waals surface area contributed by atoms with Crippen molar-refractivity contribution < 1.29 is 4.42 Å². The van der Waals surface area contributed by atoms with Crippen molar-refractivity contribution in [2.75, 3.05) is 4.90 Å². The SMILES string of the molecule is C=C/C=C\C(=C)N(C(=C)C)c1cccc2oc3ccc(C)cc3c12. The molecule has 3 rings (SSSR count). The zero-order valence-electron chi connectivity index (χ0n) is 14.2. The summed E-state index contributed by atoms with van der Waals surface area (Å²) in [5.74, 6) is 0. The molecule has 0 aliphatic rings. The van der Waals surface area contributed by atoms with E-state index in [0.29, 0.717) is 0 Å². The number of allylic oxidation sites excluding steroid dienone is 4. The second-order valence-corrected chi connectivity index (χ2v) is 5.91. The molecule has 0 aliphatic heterocycles. The fourth-order valence-electron chi connectivity index (χ4n) is 2.97. The Bertz CT molecular complexity index is 988. The first-order valence-corrected chi connectivity index (χ1v) is 7.88. The van der Waals surface area contributed by atoms with Crippen LogP contribution in [0.1, 0.15) is 12.5 Å². The molecule has 0 amide bonds. The maximum atomic E-state index is 6.02. The molecule has 0 aliphatic carbocycles. The Kier molecular flexibility index (Phi) is 4.13. The van der Waals surface area contributed by atoms with Gasteiger partial charge in [-0.15, -0.1) is 0 Å². The summed E-state index contributed by atoms with van der Waals surface area (Å²) in [5, 5.41) is 2.18. The summed E-state index contributed by atoms with van der Waals surface area (Å²) in [6, 6.07) is 12.3. The molecule has 0 N–H and O–H groups in total. The van der Waals surface area contributed by atoms with E-state index in [0.717, 1.165) is 39.0 Å². The normalized spacial score (nSPS) is 11.2. The van der Waals surface area contributed by atoms with Crippen molar-refractivity contribution in [2.24, 2.45) is 0 Å². The first kappa shape index (κ1) is 15.9. The second kappa shape index (κ2) is 6.25. The molecule has 0 radical (unpaired) electrons.